The number of aromatic nitrogens is 1. The summed E-state index contributed by atoms with van der Waals surface area (Å²) in [4.78, 5) is 29.3. The van der Waals surface area contributed by atoms with Crippen LogP contribution in [0.5, 0.6) is 0 Å². The number of hydrogen-bond donors (Lipinski definition) is 1. The van der Waals surface area contributed by atoms with Crippen molar-refractivity contribution >= 4 is 17.3 Å². The van der Waals surface area contributed by atoms with Crippen LogP contribution in [-0.4, -0.2) is 29.6 Å². The molecule has 0 spiro atoms. The number of likely N-dealkylation sites (N-methyl/N-ethyl adjacent to an activating group) is 1. The fourth-order valence-electron chi connectivity index (χ4n) is 3.02. The number of Topliss-reactive ketones (excluding diaryl/α,β-unsaturated/α-hetero) is 2. The number of H-pyrrole nitrogens is 1. The summed E-state index contributed by atoms with van der Waals surface area (Å²) in [5.41, 5.74) is 3.80. The maximum atomic E-state index is 13.4. The van der Waals surface area contributed by atoms with Crippen LogP contribution in [0.15, 0.2) is 18.2 Å². The minimum atomic E-state index is -0.261. The summed E-state index contributed by atoms with van der Waals surface area (Å²) < 4.78 is 13.4. The van der Waals surface area contributed by atoms with Crippen molar-refractivity contribution in [2.45, 2.75) is 34.6 Å². The van der Waals surface area contributed by atoms with E-state index in [-0.39, 0.29) is 23.9 Å². The Morgan fingerprint density at radius 1 is 1.21 bits per heavy atom. The Balaban J connectivity index is 2.28. The van der Waals surface area contributed by atoms with Crippen molar-refractivity contribution in [2.75, 3.05) is 18.0 Å². The second-order valence-corrected chi connectivity index (χ2v) is 6.05. The number of rotatable bonds is 6. The Hall–Kier alpha value is -2.43. The van der Waals surface area contributed by atoms with E-state index in [4.69, 9.17) is 0 Å². The lowest BCUT2D eigenvalue weighted by Crippen LogP contribution is -2.30. The van der Waals surface area contributed by atoms with E-state index < -0.39 is 0 Å². The van der Waals surface area contributed by atoms with Crippen molar-refractivity contribution in [1.29, 1.82) is 0 Å². The summed E-state index contributed by atoms with van der Waals surface area (Å²) in [6, 6.07) is 4.82. The highest BCUT2D eigenvalue weighted by atomic mass is 19.1. The molecule has 1 aromatic carbocycles. The van der Waals surface area contributed by atoms with Gasteiger partial charge in [-0.2, -0.15) is 0 Å². The lowest BCUT2D eigenvalue weighted by molar-refractivity contribution is 0.0993. The van der Waals surface area contributed by atoms with Crippen LogP contribution in [0.2, 0.25) is 0 Å². The van der Waals surface area contributed by atoms with E-state index in [1.54, 1.807) is 32.9 Å². The number of benzene rings is 1. The Morgan fingerprint density at radius 3 is 2.38 bits per heavy atom. The molecule has 0 saturated carbocycles. The van der Waals surface area contributed by atoms with Gasteiger partial charge in [-0.15, -0.1) is 0 Å². The smallest absolute Gasteiger partial charge is 0.198 e. The third-order valence-electron chi connectivity index (χ3n) is 4.29. The third kappa shape index (κ3) is 3.40. The molecule has 0 aliphatic carbocycles. The van der Waals surface area contributed by atoms with Crippen LogP contribution in [-0.2, 0) is 0 Å². The zero-order valence-electron chi connectivity index (χ0n) is 14.8. The first-order chi connectivity index (χ1) is 11.3. The second-order valence-electron chi connectivity index (χ2n) is 6.05. The van der Waals surface area contributed by atoms with Crippen molar-refractivity contribution < 1.29 is 14.0 Å². The largest absolute Gasteiger partial charge is 0.364 e. The van der Waals surface area contributed by atoms with E-state index in [1.165, 1.54) is 13.0 Å². The third-order valence-corrected chi connectivity index (χ3v) is 4.29. The SMILES string of the molecule is CCN(CC(=O)c1[nH]c(C)c(C(C)=O)c1C)c1ccc(F)c(C)c1. The van der Waals surface area contributed by atoms with E-state index >= 15 is 0 Å². The standard InChI is InChI=1S/C19H23FN2O2/c1-6-22(15-7-8-16(20)11(2)9-15)10-17(24)19-12(3)18(14(5)23)13(4)21-19/h7-9,21H,6,10H2,1-5H3. The zero-order chi connectivity index (χ0) is 18.0. The number of nitrogens with zero attached hydrogens (tertiary/aromatic N) is 1. The quantitative estimate of drug-likeness (QED) is 0.815. The molecule has 0 fully saturated rings. The van der Waals surface area contributed by atoms with Gasteiger partial charge in [-0.1, -0.05) is 0 Å². The number of nitrogens with one attached hydrogen (secondary N) is 1. The van der Waals surface area contributed by atoms with Crippen LogP contribution in [0.3, 0.4) is 0 Å². The maximum Gasteiger partial charge on any atom is 0.198 e. The molecule has 24 heavy (non-hydrogen) atoms. The fourth-order valence-corrected chi connectivity index (χ4v) is 3.02. The van der Waals surface area contributed by atoms with E-state index in [0.717, 1.165) is 5.69 Å². The molecule has 0 radical (unpaired) electrons. The molecule has 0 saturated heterocycles. The summed E-state index contributed by atoms with van der Waals surface area (Å²) in [7, 11) is 0. The first kappa shape index (κ1) is 17.9. The van der Waals surface area contributed by atoms with Gasteiger partial charge in [0.25, 0.3) is 0 Å². The monoisotopic (exact) mass is 330 g/mol. The summed E-state index contributed by atoms with van der Waals surface area (Å²) in [5.74, 6) is -0.406. The summed E-state index contributed by atoms with van der Waals surface area (Å²) >= 11 is 0. The van der Waals surface area contributed by atoms with Gasteiger partial charge in [0.15, 0.2) is 11.6 Å². The first-order valence-electron chi connectivity index (χ1n) is 8.00. The Bertz CT molecular complexity index is 793. The molecule has 128 valence electrons. The lowest BCUT2D eigenvalue weighted by atomic mass is 10.0. The molecular formula is C19H23FN2O2. The molecule has 5 heteroatoms. The molecule has 1 N–H and O–H groups in total. The van der Waals surface area contributed by atoms with Crippen molar-refractivity contribution in [3.8, 4) is 0 Å². The van der Waals surface area contributed by atoms with Gasteiger partial charge in [0, 0.05) is 23.5 Å². The fraction of sp³-hybridized carbons (Fsp3) is 0.368. The van der Waals surface area contributed by atoms with Crippen molar-refractivity contribution in [1.82, 2.24) is 4.98 Å². The number of aromatic amines is 1. The van der Waals surface area contributed by atoms with Crippen LogP contribution in [0.4, 0.5) is 10.1 Å². The molecule has 0 amide bonds. The molecule has 0 unspecified atom stereocenters. The number of carbonyl (C=O) groups excluding carboxylic acids is 2. The summed E-state index contributed by atoms with van der Waals surface area (Å²) in [6.45, 7) is 9.50. The Morgan fingerprint density at radius 2 is 1.88 bits per heavy atom. The molecule has 4 nitrogen and oxygen atoms in total. The number of hydrogen-bond acceptors (Lipinski definition) is 3. The van der Waals surface area contributed by atoms with Crippen LogP contribution in [0, 0.1) is 26.6 Å². The van der Waals surface area contributed by atoms with Gasteiger partial charge in [-0.3, -0.25) is 9.59 Å². The van der Waals surface area contributed by atoms with Crippen LogP contribution in [0.25, 0.3) is 0 Å². The zero-order valence-corrected chi connectivity index (χ0v) is 14.8. The summed E-state index contributed by atoms with van der Waals surface area (Å²) in [6.07, 6.45) is 0. The number of ketones is 2. The first-order valence-corrected chi connectivity index (χ1v) is 8.00. The predicted molar refractivity (Wildman–Crippen MR) is 93.6 cm³/mol. The highest BCUT2D eigenvalue weighted by Crippen LogP contribution is 2.22. The normalized spacial score (nSPS) is 10.8. The molecule has 0 atom stereocenters. The average Bonchev–Trinajstić information content (AvgIpc) is 2.82. The average molecular weight is 330 g/mol. The highest BCUT2D eigenvalue weighted by Gasteiger charge is 2.21. The number of aryl methyl sites for hydroxylation is 2. The number of anilines is 1. The molecule has 0 aliphatic heterocycles. The molecule has 1 heterocycles. The Kier molecular flexibility index (Phi) is 5.22. The molecule has 2 rings (SSSR count). The van der Waals surface area contributed by atoms with Crippen LogP contribution in [0.1, 0.15) is 51.5 Å². The minimum Gasteiger partial charge on any atom is -0.364 e. The van der Waals surface area contributed by atoms with Crippen molar-refractivity contribution in [3.05, 3.63) is 52.1 Å². The van der Waals surface area contributed by atoms with Gasteiger partial charge < -0.3 is 9.88 Å². The molecular weight excluding hydrogens is 307 g/mol. The summed E-state index contributed by atoms with van der Waals surface area (Å²) in [5, 5.41) is 0. The van der Waals surface area contributed by atoms with Gasteiger partial charge >= 0.3 is 0 Å². The van der Waals surface area contributed by atoms with E-state index in [9.17, 15) is 14.0 Å². The van der Waals surface area contributed by atoms with Gasteiger partial charge in [0.2, 0.25) is 0 Å². The molecule has 0 bridgehead atoms. The van der Waals surface area contributed by atoms with Crippen LogP contribution < -0.4 is 4.90 Å². The lowest BCUT2D eigenvalue weighted by Gasteiger charge is -2.22. The van der Waals surface area contributed by atoms with Gasteiger partial charge in [-0.25, -0.2) is 4.39 Å². The molecule has 2 aromatic rings. The van der Waals surface area contributed by atoms with E-state index in [0.29, 0.717) is 34.6 Å². The van der Waals surface area contributed by atoms with Crippen LogP contribution >= 0.6 is 0 Å². The van der Waals surface area contributed by atoms with E-state index in [1.807, 2.05) is 11.8 Å². The molecule has 1 aromatic heterocycles. The predicted octanol–water partition coefficient (Wildman–Crippen LogP) is 3.99. The minimum absolute atomic E-state index is 0.0539. The second kappa shape index (κ2) is 6.99. The van der Waals surface area contributed by atoms with Gasteiger partial charge in [0.05, 0.1) is 12.2 Å². The van der Waals surface area contributed by atoms with Crippen molar-refractivity contribution in [2.24, 2.45) is 0 Å². The van der Waals surface area contributed by atoms with Gasteiger partial charge in [0.1, 0.15) is 5.82 Å². The number of halogens is 1. The Labute approximate surface area is 141 Å². The van der Waals surface area contributed by atoms with Gasteiger partial charge in [-0.05, 0) is 63.9 Å². The topological polar surface area (TPSA) is 53.2 Å². The van der Waals surface area contributed by atoms with Crippen molar-refractivity contribution in [3.63, 3.8) is 0 Å². The van der Waals surface area contributed by atoms with E-state index in [2.05, 4.69) is 4.98 Å². The highest BCUT2D eigenvalue weighted by molar-refractivity contribution is 6.04. The molecule has 0 aliphatic rings. The maximum absolute atomic E-state index is 13.4. The number of carbonyl (C=O) groups is 2.